The Labute approximate surface area is 173 Å². The van der Waals surface area contributed by atoms with Crippen molar-refractivity contribution < 1.29 is 5.11 Å². The number of phenolic OH excluding ortho intramolecular Hbond substituents is 1. The van der Waals surface area contributed by atoms with E-state index in [9.17, 15) is 5.11 Å². The zero-order valence-electron chi connectivity index (χ0n) is 17.3. The van der Waals surface area contributed by atoms with Crippen molar-refractivity contribution in [3.05, 3.63) is 30.3 Å². The first-order valence-electron chi connectivity index (χ1n) is 10.8. The van der Waals surface area contributed by atoms with Gasteiger partial charge in [-0.3, -0.25) is 4.90 Å². The normalized spacial score (nSPS) is 18.6. The molecule has 1 aliphatic carbocycles. The molecular weight excluding hydrogens is 364 g/mol. The molecule has 156 valence electrons. The second-order valence-electron chi connectivity index (χ2n) is 8.16. The Morgan fingerprint density at radius 3 is 2.48 bits per heavy atom. The molecule has 2 aliphatic rings. The summed E-state index contributed by atoms with van der Waals surface area (Å²) in [6.45, 7) is 5.28. The number of aromatic hydroxyl groups is 1. The summed E-state index contributed by atoms with van der Waals surface area (Å²) in [5, 5.41) is 16.1. The number of phenols is 1. The zero-order chi connectivity index (χ0) is 20.1. The molecule has 2 heterocycles. The maximum Gasteiger partial charge on any atom is 0.229 e. The third-order valence-electron chi connectivity index (χ3n) is 5.99. The molecule has 4 rings (SSSR count). The topological polar surface area (TPSA) is 76.6 Å². The summed E-state index contributed by atoms with van der Waals surface area (Å²) in [6.07, 6.45) is 7.03. The second-order valence-corrected chi connectivity index (χ2v) is 8.16. The van der Waals surface area contributed by atoms with Crippen LogP contribution in [0.5, 0.6) is 5.75 Å². The lowest BCUT2D eigenvalue weighted by atomic mass is 9.89. The van der Waals surface area contributed by atoms with Crippen molar-refractivity contribution in [1.29, 1.82) is 0 Å². The maximum absolute atomic E-state index is 9.69. The molecule has 2 aromatic rings. The lowest BCUT2D eigenvalue weighted by Crippen LogP contribution is -2.48. The summed E-state index contributed by atoms with van der Waals surface area (Å²) < 4.78 is 0. The van der Waals surface area contributed by atoms with Gasteiger partial charge in [-0.25, -0.2) is 0 Å². The van der Waals surface area contributed by atoms with E-state index in [-0.39, 0.29) is 5.75 Å². The van der Waals surface area contributed by atoms with Crippen molar-refractivity contribution in [2.24, 2.45) is 5.92 Å². The van der Waals surface area contributed by atoms with Crippen LogP contribution in [0.4, 0.5) is 23.3 Å². The Morgan fingerprint density at radius 2 is 1.76 bits per heavy atom. The average molecular weight is 397 g/mol. The zero-order valence-corrected chi connectivity index (χ0v) is 17.3. The molecule has 0 unspecified atom stereocenters. The van der Waals surface area contributed by atoms with Gasteiger partial charge in [0.1, 0.15) is 17.4 Å². The second kappa shape index (κ2) is 9.31. The Balaban J connectivity index is 1.40. The Kier molecular flexibility index (Phi) is 6.34. The highest BCUT2D eigenvalue weighted by molar-refractivity contribution is 5.62. The molecule has 2 fully saturated rings. The summed E-state index contributed by atoms with van der Waals surface area (Å²) in [5.74, 6) is 3.36. The van der Waals surface area contributed by atoms with Crippen LogP contribution in [0.1, 0.15) is 32.1 Å². The number of anilines is 4. The first kappa shape index (κ1) is 19.8. The molecule has 0 amide bonds. The van der Waals surface area contributed by atoms with Gasteiger partial charge in [-0.1, -0.05) is 25.3 Å². The van der Waals surface area contributed by atoms with Crippen molar-refractivity contribution in [2.75, 3.05) is 55.3 Å². The molecule has 7 heteroatoms. The van der Waals surface area contributed by atoms with E-state index < -0.39 is 0 Å². The Bertz CT molecular complexity index is 800. The number of hydrogen-bond donors (Lipinski definition) is 3. The van der Waals surface area contributed by atoms with Crippen LogP contribution in [0.3, 0.4) is 0 Å². The Hall–Kier alpha value is -2.54. The molecule has 1 aliphatic heterocycles. The number of piperazine rings is 1. The number of hydrogen-bond acceptors (Lipinski definition) is 7. The van der Waals surface area contributed by atoms with Gasteiger partial charge < -0.3 is 20.6 Å². The number of rotatable bonds is 6. The van der Waals surface area contributed by atoms with Crippen LogP contribution >= 0.6 is 0 Å². The molecule has 1 aromatic heterocycles. The molecule has 3 N–H and O–H groups in total. The maximum atomic E-state index is 9.69. The van der Waals surface area contributed by atoms with E-state index in [4.69, 9.17) is 4.98 Å². The third kappa shape index (κ3) is 5.29. The summed E-state index contributed by atoms with van der Waals surface area (Å²) >= 11 is 0. The number of aromatic nitrogens is 2. The van der Waals surface area contributed by atoms with E-state index in [1.54, 1.807) is 12.1 Å². The standard InChI is InChI=1S/C22H32N6O/c1-23-20-15-21(24-18-8-5-9-19(29)14-18)26-22(25-20)28-12-10-27(11-13-28)16-17-6-3-2-4-7-17/h5,8-9,14-15,17,29H,2-4,6-7,10-13,16H2,1H3,(H2,23,24,25,26). The van der Waals surface area contributed by atoms with E-state index in [2.05, 4.69) is 25.4 Å². The van der Waals surface area contributed by atoms with Crippen molar-refractivity contribution in [3.63, 3.8) is 0 Å². The van der Waals surface area contributed by atoms with Crippen LogP contribution in [0.2, 0.25) is 0 Å². The predicted molar refractivity (Wildman–Crippen MR) is 118 cm³/mol. The Morgan fingerprint density at radius 1 is 1.00 bits per heavy atom. The first-order chi connectivity index (χ1) is 14.2. The van der Waals surface area contributed by atoms with Gasteiger partial charge >= 0.3 is 0 Å². The van der Waals surface area contributed by atoms with E-state index >= 15 is 0 Å². The summed E-state index contributed by atoms with van der Waals surface area (Å²) in [6, 6.07) is 8.94. The molecule has 0 radical (unpaired) electrons. The molecule has 1 aromatic carbocycles. The first-order valence-corrected chi connectivity index (χ1v) is 10.8. The molecule has 1 saturated carbocycles. The van der Waals surface area contributed by atoms with Gasteiger partial charge in [0.05, 0.1) is 0 Å². The van der Waals surface area contributed by atoms with Crippen molar-refractivity contribution in [2.45, 2.75) is 32.1 Å². The average Bonchev–Trinajstić information content (AvgIpc) is 2.75. The molecule has 29 heavy (non-hydrogen) atoms. The monoisotopic (exact) mass is 396 g/mol. The SMILES string of the molecule is CNc1cc(Nc2cccc(O)c2)nc(N2CCN(CC3CCCCC3)CC2)n1. The van der Waals surface area contributed by atoms with Gasteiger partial charge in [0.15, 0.2) is 0 Å². The lowest BCUT2D eigenvalue weighted by molar-refractivity contribution is 0.191. The minimum absolute atomic E-state index is 0.229. The largest absolute Gasteiger partial charge is 0.508 e. The summed E-state index contributed by atoms with van der Waals surface area (Å²) in [5.41, 5.74) is 0.800. The molecular formula is C22H32N6O. The van der Waals surface area contributed by atoms with Gasteiger partial charge in [0, 0.05) is 57.6 Å². The minimum atomic E-state index is 0.229. The van der Waals surface area contributed by atoms with Gasteiger partial charge in [-0.2, -0.15) is 9.97 Å². The van der Waals surface area contributed by atoms with Crippen molar-refractivity contribution >= 4 is 23.3 Å². The number of nitrogens with zero attached hydrogens (tertiary/aromatic N) is 4. The van der Waals surface area contributed by atoms with Crippen molar-refractivity contribution in [1.82, 2.24) is 14.9 Å². The molecule has 1 saturated heterocycles. The van der Waals surface area contributed by atoms with Crippen LogP contribution in [-0.4, -0.2) is 59.7 Å². The fourth-order valence-electron chi connectivity index (χ4n) is 4.36. The predicted octanol–water partition coefficient (Wildman–Crippen LogP) is 3.67. The quantitative estimate of drug-likeness (QED) is 0.688. The van der Waals surface area contributed by atoms with Crippen LogP contribution in [-0.2, 0) is 0 Å². The number of benzene rings is 1. The molecule has 0 atom stereocenters. The van der Waals surface area contributed by atoms with Crippen LogP contribution in [0.15, 0.2) is 30.3 Å². The highest BCUT2D eigenvalue weighted by Gasteiger charge is 2.23. The minimum Gasteiger partial charge on any atom is -0.508 e. The fourth-order valence-corrected chi connectivity index (χ4v) is 4.36. The smallest absolute Gasteiger partial charge is 0.229 e. The van der Waals surface area contributed by atoms with Gasteiger partial charge in [0.25, 0.3) is 0 Å². The van der Waals surface area contributed by atoms with E-state index in [1.165, 1.54) is 38.6 Å². The van der Waals surface area contributed by atoms with E-state index in [0.29, 0.717) is 0 Å². The highest BCUT2D eigenvalue weighted by Crippen LogP contribution is 2.26. The fraction of sp³-hybridized carbons (Fsp3) is 0.545. The lowest BCUT2D eigenvalue weighted by Gasteiger charge is -2.37. The third-order valence-corrected chi connectivity index (χ3v) is 5.99. The van der Waals surface area contributed by atoms with Gasteiger partial charge in [-0.05, 0) is 30.9 Å². The van der Waals surface area contributed by atoms with Crippen LogP contribution < -0.4 is 15.5 Å². The van der Waals surface area contributed by atoms with Gasteiger partial charge in [0.2, 0.25) is 5.95 Å². The molecule has 0 spiro atoms. The molecule has 7 nitrogen and oxygen atoms in total. The van der Waals surface area contributed by atoms with Crippen molar-refractivity contribution in [3.8, 4) is 5.75 Å². The van der Waals surface area contributed by atoms with Crippen LogP contribution in [0.25, 0.3) is 0 Å². The number of nitrogens with one attached hydrogen (secondary N) is 2. The van der Waals surface area contributed by atoms with Crippen LogP contribution in [0, 0.1) is 5.92 Å². The molecule has 0 bridgehead atoms. The highest BCUT2D eigenvalue weighted by atomic mass is 16.3. The van der Waals surface area contributed by atoms with E-state index in [1.807, 2.05) is 25.2 Å². The van der Waals surface area contributed by atoms with Gasteiger partial charge in [-0.15, -0.1) is 0 Å². The summed E-state index contributed by atoms with van der Waals surface area (Å²) in [7, 11) is 1.87. The summed E-state index contributed by atoms with van der Waals surface area (Å²) in [4.78, 5) is 14.3. The van der Waals surface area contributed by atoms with E-state index in [0.717, 1.165) is 55.4 Å².